The second-order valence-corrected chi connectivity index (χ2v) is 5.06. The first-order chi connectivity index (χ1) is 10.0. The number of fused-ring (bicyclic) bond motifs is 1. The molecule has 2 rings (SSSR count). The van der Waals surface area contributed by atoms with E-state index in [1.54, 1.807) is 10.6 Å². The highest BCUT2D eigenvalue weighted by atomic mass is 16.4. The largest absolute Gasteiger partial charge is 0.481 e. The summed E-state index contributed by atoms with van der Waals surface area (Å²) in [7, 11) is 0. The maximum Gasteiger partial charge on any atom is 0.419 e. The summed E-state index contributed by atoms with van der Waals surface area (Å²) >= 11 is 0. The maximum absolute atomic E-state index is 11.9. The number of oxazole rings is 1. The molecule has 1 aromatic carbocycles. The van der Waals surface area contributed by atoms with Crippen LogP contribution >= 0.6 is 0 Å². The predicted octanol–water partition coefficient (Wildman–Crippen LogP) is 1.78. The SMILES string of the molecule is CCN(CCn1c(=O)oc2ccccc21)C(C)CC(=O)O. The van der Waals surface area contributed by atoms with Gasteiger partial charge in [0.1, 0.15) is 0 Å². The van der Waals surface area contributed by atoms with Crippen LogP contribution in [0.25, 0.3) is 11.1 Å². The molecule has 1 unspecified atom stereocenters. The number of aliphatic carboxylic acids is 1. The van der Waals surface area contributed by atoms with Crippen LogP contribution in [0.2, 0.25) is 0 Å². The Morgan fingerprint density at radius 1 is 1.43 bits per heavy atom. The molecule has 21 heavy (non-hydrogen) atoms. The van der Waals surface area contributed by atoms with Crippen LogP contribution in [0.5, 0.6) is 0 Å². The summed E-state index contributed by atoms with van der Waals surface area (Å²) in [5.41, 5.74) is 1.34. The van der Waals surface area contributed by atoms with E-state index < -0.39 is 5.97 Å². The van der Waals surface area contributed by atoms with Crippen molar-refractivity contribution in [3.63, 3.8) is 0 Å². The summed E-state index contributed by atoms with van der Waals surface area (Å²) in [6.07, 6.45) is 0.0921. The Balaban J connectivity index is 2.11. The second-order valence-electron chi connectivity index (χ2n) is 5.06. The van der Waals surface area contributed by atoms with E-state index in [4.69, 9.17) is 9.52 Å². The summed E-state index contributed by atoms with van der Waals surface area (Å²) in [5, 5.41) is 8.87. The van der Waals surface area contributed by atoms with Crippen LogP contribution < -0.4 is 5.76 Å². The Hall–Kier alpha value is -2.08. The topological polar surface area (TPSA) is 75.7 Å². The van der Waals surface area contributed by atoms with E-state index in [-0.39, 0.29) is 18.2 Å². The predicted molar refractivity (Wildman–Crippen MR) is 79.4 cm³/mol. The van der Waals surface area contributed by atoms with Gasteiger partial charge in [0.2, 0.25) is 0 Å². The molecule has 0 saturated carbocycles. The molecule has 0 aliphatic heterocycles. The van der Waals surface area contributed by atoms with E-state index >= 15 is 0 Å². The van der Waals surface area contributed by atoms with Gasteiger partial charge in [0, 0.05) is 19.1 Å². The molecule has 0 fully saturated rings. The number of rotatable bonds is 7. The number of carboxylic acid groups (broad SMARTS) is 1. The van der Waals surface area contributed by atoms with E-state index in [1.165, 1.54) is 0 Å². The molecule has 1 N–H and O–H groups in total. The number of nitrogens with zero attached hydrogens (tertiary/aromatic N) is 2. The first-order valence-corrected chi connectivity index (χ1v) is 7.07. The van der Waals surface area contributed by atoms with Gasteiger partial charge in [0.15, 0.2) is 5.58 Å². The van der Waals surface area contributed by atoms with Crippen molar-refractivity contribution in [1.29, 1.82) is 0 Å². The average molecular weight is 292 g/mol. The molecule has 6 heteroatoms. The van der Waals surface area contributed by atoms with Crippen molar-refractivity contribution in [2.45, 2.75) is 32.9 Å². The fourth-order valence-electron chi connectivity index (χ4n) is 2.53. The minimum atomic E-state index is -0.813. The molecule has 0 aliphatic carbocycles. The lowest BCUT2D eigenvalue weighted by Crippen LogP contribution is -2.37. The Morgan fingerprint density at radius 2 is 2.14 bits per heavy atom. The molecule has 0 radical (unpaired) electrons. The van der Waals surface area contributed by atoms with Crippen LogP contribution in [0.4, 0.5) is 0 Å². The Kier molecular flexibility index (Phi) is 4.80. The fourth-order valence-corrected chi connectivity index (χ4v) is 2.53. The van der Waals surface area contributed by atoms with Gasteiger partial charge in [0.05, 0.1) is 11.9 Å². The van der Waals surface area contributed by atoms with Gasteiger partial charge in [-0.1, -0.05) is 19.1 Å². The zero-order valence-corrected chi connectivity index (χ0v) is 12.3. The zero-order chi connectivity index (χ0) is 15.4. The Bertz CT molecular complexity index is 674. The highest BCUT2D eigenvalue weighted by molar-refractivity contribution is 5.72. The summed E-state index contributed by atoms with van der Waals surface area (Å²) in [4.78, 5) is 24.7. The molecule has 0 amide bonds. The second kappa shape index (κ2) is 6.58. The van der Waals surface area contributed by atoms with Crippen molar-refractivity contribution in [2.75, 3.05) is 13.1 Å². The number of carboxylic acids is 1. The van der Waals surface area contributed by atoms with Crippen LogP contribution in [-0.4, -0.2) is 39.7 Å². The van der Waals surface area contributed by atoms with Crippen molar-refractivity contribution < 1.29 is 14.3 Å². The van der Waals surface area contributed by atoms with E-state index in [0.29, 0.717) is 18.7 Å². The third kappa shape index (κ3) is 3.52. The molecule has 0 bridgehead atoms. The lowest BCUT2D eigenvalue weighted by molar-refractivity contribution is -0.138. The summed E-state index contributed by atoms with van der Waals surface area (Å²) in [6.45, 7) is 5.68. The first-order valence-electron chi connectivity index (χ1n) is 7.07. The fraction of sp³-hybridized carbons (Fsp3) is 0.467. The van der Waals surface area contributed by atoms with Crippen LogP contribution in [0.3, 0.4) is 0 Å². The van der Waals surface area contributed by atoms with Crippen LogP contribution in [0.1, 0.15) is 20.3 Å². The van der Waals surface area contributed by atoms with Gasteiger partial charge in [-0.15, -0.1) is 0 Å². The van der Waals surface area contributed by atoms with Gasteiger partial charge in [-0.3, -0.25) is 14.3 Å². The Morgan fingerprint density at radius 3 is 2.81 bits per heavy atom. The van der Waals surface area contributed by atoms with Crippen LogP contribution in [0, 0.1) is 0 Å². The third-order valence-corrected chi connectivity index (χ3v) is 3.68. The van der Waals surface area contributed by atoms with E-state index in [2.05, 4.69) is 0 Å². The lowest BCUT2D eigenvalue weighted by Gasteiger charge is -2.26. The summed E-state index contributed by atoms with van der Waals surface area (Å²) < 4.78 is 6.77. The molecule has 0 saturated heterocycles. The number of aromatic nitrogens is 1. The normalized spacial score (nSPS) is 12.9. The Labute approximate surface area is 122 Å². The van der Waals surface area contributed by atoms with E-state index in [0.717, 1.165) is 12.1 Å². The third-order valence-electron chi connectivity index (χ3n) is 3.68. The van der Waals surface area contributed by atoms with Gasteiger partial charge in [-0.05, 0) is 25.6 Å². The highest BCUT2D eigenvalue weighted by Gasteiger charge is 2.16. The van der Waals surface area contributed by atoms with Crippen molar-refractivity contribution in [3.8, 4) is 0 Å². The first kappa shape index (κ1) is 15.3. The molecule has 1 aromatic heterocycles. The molecular formula is C15H20N2O4. The molecule has 114 valence electrons. The minimum Gasteiger partial charge on any atom is -0.481 e. The molecule has 0 aliphatic rings. The molecule has 1 atom stereocenters. The maximum atomic E-state index is 11.9. The zero-order valence-electron chi connectivity index (χ0n) is 12.3. The van der Waals surface area contributed by atoms with Gasteiger partial charge in [-0.2, -0.15) is 0 Å². The molecular weight excluding hydrogens is 272 g/mol. The number of hydrogen-bond acceptors (Lipinski definition) is 4. The van der Waals surface area contributed by atoms with Gasteiger partial charge in [-0.25, -0.2) is 4.79 Å². The van der Waals surface area contributed by atoms with Gasteiger partial charge >= 0.3 is 11.7 Å². The number of carbonyl (C=O) groups is 1. The quantitative estimate of drug-likeness (QED) is 0.842. The lowest BCUT2D eigenvalue weighted by atomic mass is 10.2. The number of para-hydroxylation sites is 2. The standard InChI is InChI=1S/C15H20N2O4/c1-3-16(11(2)10-14(18)19)8-9-17-12-6-4-5-7-13(12)21-15(17)20/h4-7,11H,3,8-10H2,1-2H3,(H,18,19). The average Bonchev–Trinajstić information content (AvgIpc) is 2.75. The smallest absolute Gasteiger partial charge is 0.419 e. The molecule has 1 heterocycles. The monoisotopic (exact) mass is 292 g/mol. The van der Waals surface area contributed by atoms with Gasteiger partial charge in [0.25, 0.3) is 0 Å². The van der Waals surface area contributed by atoms with Crippen molar-refractivity contribution in [2.24, 2.45) is 0 Å². The van der Waals surface area contributed by atoms with E-state index in [1.807, 2.05) is 36.9 Å². The van der Waals surface area contributed by atoms with Crippen molar-refractivity contribution in [3.05, 3.63) is 34.8 Å². The van der Waals surface area contributed by atoms with E-state index in [9.17, 15) is 9.59 Å². The minimum absolute atomic E-state index is 0.0682. The molecule has 6 nitrogen and oxygen atoms in total. The summed E-state index contributed by atoms with van der Waals surface area (Å²) in [5.74, 6) is -1.19. The number of likely N-dealkylation sites (N-methyl/N-ethyl adjacent to an activating group) is 1. The molecule has 0 spiro atoms. The van der Waals surface area contributed by atoms with Crippen molar-refractivity contribution in [1.82, 2.24) is 9.47 Å². The van der Waals surface area contributed by atoms with Crippen LogP contribution in [-0.2, 0) is 11.3 Å². The summed E-state index contributed by atoms with van der Waals surface area (Å²) in [6, 6.07) is 7.22. The number of benzene rings is 1. The molecule has 2 aromatic rings. The van der Waals surface area contributed by atoms with Gasteiger partial charge < -0.3 is 9.52 Å². The van der Waals surface area contributed by atoms with Crippen molar-refractivity contribution >= 4 is 17.1 Å². The van der Waals surface area contributed by atoms with Crippen LogP contribution in [0.15, 0.2) is 33.5 Å². The highest BCUT2D eigenvalue weighted by Crippen LogP contribution is 2.12. The number of hydrogen-bond donors (Lipinski definition) is 1.